The molecule has 40 heavy (non-hydrogen) atoms. The van der Waals surface area contributed by atoms with Crippen LogP contribution < -0.4 is 4.90 Å². The third-order valence-electron chi connectivity index (χ3n) is 7.73. The summed E-state index contributed by atoms with van der Waals surface area (Å²) in [5.41, 5.74) is 14.3. The van der Waals surface area contributed by atoms with Crippen LogP contribution >= 0.6 is 0 Å². The van der Waals surface area contributed by atoms with Crippen LogP contribution in [0.3, 0.4) is 0 Å². The van der Waals surface area contributed by atoms with Gasteiger partial charge in [0.1, 0.15) is 5.52 Å². The molecule has 2 heterocycles. The Morgan fingerprint density at radius 1 is 0.450 bits per heavy atom. The minimum atomic E-state index is 0.767. The van der Waals surface area contributed by atoms with E-state index in [0.717, 1.165) is 33.7 Å². The summed E-state index contributed by atoms with van der Waals surface area (Å²) in [7, 11) is 0. The standard InChI is InChI=1S/C37H24N2O/c1-3-11-25(12-4-1)27-19-28(26-13-5-2-6-14-26)21-29(20-27)39-35-18-10-9-17-32(35)30-15-7-8-16-31(30)33-22-34-37(23-36(33)39)40-24-38-34/h1-24H. The number of hydrogen-bond acceptors (Lipinski definition) is 3. The molecule has 0 amide bonds. The van der Waals surface area contributed by atoms with Gasteiger partial charge in [-0.05, 0) is 63.7 Å². The van der Waals surface area contributed by atoms with Gasteiger partial charge in [-0.3, -0.25) is 0 Å². The van der Waals surface area contributed by atoms with Crippen LogP contribution in [-0.4, -0.2) is 4.98 Å². The monoisotopic (exact) mass is 512 g/mol. The lowest BCUT2D eigenvalue weighted by Crippen LogP contribution is -2.11. The van der Waals surface area contributed by atoms with Crippen molar-refractivity contribution >= 4 is 28.2 Å². The molecule has 0 spiro atoms. The van der Waals surface area contributed by atoms with Crippen molar-refractivity contribution in [2.45, 2.75) is 0 Å². The summed E-state index contributed by atoms with van der Waals surface area (Å²) in [5, 5.41) is 0. The number of rotatable bonds is 3. The summed E-state index contributed by atoms with van der Waals surface area (Å²) in [6.07, 6.45) is 1.53. The summed E-state index contributed by atoms with van der Waals surface area (Å²) in [4.78, 5) is 6.88. The molecule has 0 atom stereocenters. The van der Waals surface area contributed by atoms with Gasteiger partial charge in [-0.25, -0.2) is 4.98 Å². The quantitative estimate of drug-likeness (QED) is 0.236. The molecule has 8 rings (SSSR count). The van der Waals surface area contributed by atoms with Gasteiger partial charge in [-0.1, -0.05) is 103 Å². The fourth-order valence-electron chi connectivity index (χ4n) is 5.89. The first-order chi connectivity index (χ1) is 19.8. The molecular formula is C37H24N2O. The molecule has 6 aromatic carbocycles. The van der Waals surface area contributed by atoms with Gasteiger partial charge in [0.2, 0.25) is 0 Å². The Bertz CT molecular complexity index is 1950. The summed E-state index contributed by atoms with van der Waals surface area (Å²) >= 11 is 0. The molecule has 0 bridgehead atoms. The molecule has 3 heteroatoms. The van der Waals surface area contributed by atoms with E-state index in [0.29, 0.717) is 0 Å². The normalized spacial score (nSPS) is 11.9. The van der Waals surface area contributed by atoms with Gasteiger partial charge in [0.25, 0.3) is 0 Å². The van der Waals surface area contributed by atoms with Crippen molar-refractivity contribution in [3.8, 4) is 44.5 Å². The van der Waals surface area contributed by atoms with Crippen molar-refractivity contribution in [3.05, 3.63) is 146 Å². The van der Waals surface area contributed by atoms with E-state index < -0.39 is 0 Å². The van der Waals surface area contributed by atoms with E-state index in [9.17, 15) is 0 Å². The molecule has 1 aliphatic rings. The molecule has 0 N–H and O–H groups in total. The lowest BCUT2D eigenvalue weighted by Gasteiger charge is -2.28. The molecule has 0 unspecified atom stereocenters. The maximum Gasteiger partial charge on any atom is 0.181 e. The van der Waals surface area contributed by atoms with E-state index in [4.69, 9.17) is 4.42 Å². The Morgan fingerprint density at radius 3 is 1.70 bits per heavy atom. The summed E-state index contributed by atoms with van der Waals surface area (Å²) in [5.74, 6) is 0. The van der Waals surface area contributed by atoms with E-state index >= 15 is 0 Å². The van der Waals surface area contributed by atoms with Crippen molar-refractivity contribution in [2.24, 2.45) is 0 Å². The Hall–Kier alpha value is -5.41. The highest BCUT2D eigenvalue weighted by Gasteiger charge is 2.27. The lowest BCUT2D eigenvalue weighted by atomic mass is 9.94. The van der Waals surface area contributed by atoms with Crippen molar-refractivity contribution in [1.82, 2.24) is 4.98 Å². The predicted octanol–water partition coefficient (Wildman–Crippen LogP) is 10.3. The Kier molecular flexibility index (Phi) is 5.14. The third-order valence-corrected chi connectivity index (χ3v) is 7.73. The highest BCUT2D eigenvalue weighted by molar-refractivity contribution is 6.05. The first kappa shape index (κ1) is 22.6. The molecule has 0 radical (unpaired) electrons. The van der Waals surface area contributed by atoms with Gasteiger partial charge in [0, 0.05) is 22.9 Å². The lowest BCUT2D eigenvalue weighted by molar-refractivity contribution is 0.602. The number of fused-ring (bicyclic) bond motifs is 6. The molecule has 3 nitrogen and oxygen atoms in total. The van der Waals surface area contributed by atoms with Crippen LogP contribution in [0.1, 0.15) is 0 Å². The summed E-state index contributed by atoms with van der Waals surface area (Å²) in [6, 6.07) is 49.7. The summed E-state index contributed by atoms with van der Waals surface area (Å²) in [6.45, 7) is 0. The highest BCUT2D eigenvalue weighted by Crippen LogP contribution is 2.52. The average molecular weight is 513 g/mol. The van der Waals surface area contributed by atoms with Gasteiger partial charge in [0.05, 0.1) is 11.4 Å². The van der Waals surface area contributed by atoms with Crippen LogP contribution in [0, 0.1) is 0 Å². The van der Waals surface area contributed by atoms with E-state index in [1.807, 2.05) is 0 Å². The molecular weight excluding hydrogens is 488 g/mol. The first-order valence-electron chi connectivity index (χ1n) is 13.5. The van der Waals surface area contributed by atoms with Gasteiger partial charge in [-0.15, -0.1) is 0 Å². The minimum absolute atomic E-state index is 0.767. The van der Waals surface area contributed by atoms with Crippen LogP contribution in [0.5, 0.6) is 0 Å². The number of oxazole rings is 1. The van der Waals surface area contributed by atoms with Crippen molar-refractivity contribution in [1.29, 1.82) is 0 Å². The third kappa shape index (κ3) is 3.63. The van der Waals surface area contributed by atoms with Crippen LogP contribution in [0.25, 0.3) is 55.6 Å². The van der Waals surface area contributed by atoms with Gasteiger partial charge < -0.3 is 9.32 Å². The van der Waals surface area contributed by atoms with E-state index in [1.165, 1.54) is 45.3 Å². The number of anilines is 3. The zero-order valence-corrected chi connectivity index (χ0v) is 21.7. The Morgan fingerprint density at radius 2 is 1.02 bits per heavy atom. The van der Waals surface area contributed by atoms with E-state index in [1.54, 1.807) is 0 Å². The molecule has 0 aliphatic carbocycles. The molecule has 188 valence electrons. The molecule has 0 saturated carbocycles. The second kappa shape index (κ2) is 9.11. The molecule has 1 aromatic heterocycles. The number of benzene rings is 6. The molecule has 0 fully saturated rings. The fraction of sp³-hybridized carbons (Fsp3) is 0. The number of aromatic nitrogens is 1. The SMILES string of the molecule is c1ccc(-c2cc(-c3ccccc3)cc(N3c4ccccc4-c4ccccc4-c4cc5ncoc5cc43)c2)cc1. The topological polar surface area (TPSA) is 29.3 Å². The predicted molar refractivity (Wildman–Crippen MR) is 164 cm³/mol. The molecule has 7 aromatic rings. The van der Waals surface area contributed by atoms with Gasteiger partial charge in [0.15, 0.2) is 12.0 Å². The summed E-state index contributed by atoms with van der Waals surface area (Å²) < 4.78 is 5.83. The number of para-hydroxylation sites is 1. The maximum atomic E-state index is 5.83. The zero-order chi connectivity index (χ0) is 26.5. The van der Waals surface area contributed by atoms with E-state index in [-0.39, 0.29) is 0 Å². The molecule has 0 saturated heterocycles. The van der Waals surface area contributed by atoms with Crippen LogP contribution in [-0.2, 0) is 0 Å². The first-order valence-corrected chi connectivity index (χ1v) is 13.5. The van der Waals surface area contributed by atoms with Gasteiger partial charge in [-0.2, -0.15) is 0 Å². The van der Waals surface area contributed by atoms with Crippen molar-refractivity contribution < 1.29 is 4.42 Å². The second-order valence-electron chi connectivity index (χ2n) is 10.1. The molecule has 1 aliphatic heterocycles. The van der Waals surface area contributed by atoms with Crippen LogP contribution in [0.4, 0.5) is 17.1 Å². The van der Waals surface area contributed by atoms with E-state index in [2.05, 4.69) is 149 Å². The van der Waals surface area contributed by atoms with Crippen LogP contribution in [0.15, 0.2) is 150 Å². The fourth-order valence-corrected chi connectivity index (χ4v) is 5.89. The smallest absolute Gasteiger partial charge is 0.181 e. The van der Waals surface area contributed by atoms with Gasteiger partial charge >= 0.3 is 0 Å². The second-order valence-corrected chi connectivity index (χ2v) is 10.1. The number of hydrogen-bond donors (Lipinski definition) is 0. The maximum absolute atomic E-state index is 5.83. The highest BCUT2D eigenvalue weighted by atomic mass is 16.3. The largest absolute Gasteiger partial charge is 0.443 e. The average Bonchev–Trinajstić information content (AvgIpc) is 3.45. The Balaban J connectivity index is 1.47. The van der Waals surface area contributed by atoms with Crippen LogP contribution in [0.2, 0.25) is 0 Å². The van der Waals surface area contributed by atoms with Crippen molar-refractivity contribution in [2.75, 3.05) is 4.90 Å². The minimum Gasteiger partial charge on any atom is -0.443 e. The van der Waals surface area contributed by atoms with Crippen molar-refractivity contribution in [3.63, 3.8) is 0 Å². The Labute approximate surface area is 232 Å². The zero-order valence-electron chi connectivity index (χ0n) is 21.7. The number of nitrogens with zero attached hydrogens (tertiary/aromatic N) is 2.